The number of esters is 1. The van der Waals surface area contributed by atoms with Gasteiger partial charge in [0.1, 0.15) is 23.7 Å². The smallest absolute Gasteiger partial charge is 0.313 e. The van der Waals surface area contributed by atoms with E-state index in [0.29, 0.717) is 39.3 Å². The van der Waals surface area contributed by atoms with E-state index in [1.165, 1.54) is 4.90 Å². The molecule has 5 heterocycles. The number of fused-ring (bicyclic) bond motifs is 2. The maximum absolute atomic E-state index is 14.2. The fourth-order valence-electron chi connectivity index (χ4n) is 6.50. The van der Waals surface area contributed by atoms with Crippen LogP contribution >= 0.6 is 0 Å². The molecule has 0 radical (unpaired) electrons. The van der Waals surface area contributed by atoms with E-state index in [1.54, 1.807) is 37.0 Å². The van der Waals surface area contributed by atoms with Crippen molar-refractivity contribution in [1.82, 2.24) is 20.0 Å². The summed E-state index contributed by atoms with van der Waals surface area (Å²) in [4.78, 5) is 59.4. The largest absolute Gasteiger partial charge is 0.460 e. The van der Waals surface area contributed by atoms with Crippen LogP contribution < -0.4 is 5.32 Å². The number of hydrogen-bond acceptors (Lipinski definition) is 9. The third-order valence-corrected chi connectivity index (χ3v) is 8.58. The van der Waals surface area contributed by atoms with Crippen LogP contribution in [0.3, 0.4) is 0 Å². The first-order valence-corrected chi connectivity index (χ1v) is 14.3. The summed E-state index contributed by atoms with van der Waals surface area (Å²) < 4.78 is 17.7. The zero-order chi connectivity index (χ0) is 28.4. The monoisotopic (exact) mass is 560 g/mol. The van der Waals surface area contributed by atoms with Gasteiger partial charge in [0.25, 0.3) is 0 Å². The number of carbonyl (C=O) groups is 4. The molecule has 3 fully saturated rings. The van der Waals surface area contributed by atoms with Crippen LogP contribution in [0.4, 0.5) is 0 Å². The number of ether oxygens (including phenoxy) is 3. The van der Waals surface area contributed by atoms with Gasteiger partial charge < -0.3 is 34.4 Å². The van der Waals surface area contributed by atoms with Crippen molar-refractivity contribution in [2.75, 3.05) is 59.1 Å². The molecule has 5 rings (SSSR count). The first-order valence-electron chi connectivity index (χ1n) is 14.3. The maximum Gasteiger partial charge on any atom is 0.313 e. The van der Waals surface area contributed by atoms with Gasteiger partial charge >= 0.3 is 5.97 Å². The van der Waals surface area contributed by atoms with Gasteiger partial charge in [0, 0.05) is 39.1 Å². The van der Waals surface area contributed by atoms with Gasteiger partial charge in [-0.2, -0.15) is 0 Å². The SMILES string of the molecule is C[C@@H]1CNC(=O)CC/C=C\[C@H]2O[C@]34C=CCN(CCN5CCOCC5)C(=O)[C@H]3N([C@H](C)CO)C(=O)[C@@H]4[C@H]2C(=O)O1. The molecular weight excluding hydrogens is 520 g/mol. The Bertz CT molecular complexity index is 1060. The van der Waals surface area contributed by atoms with Crippen molar-refractivity contribution in [2.45, 2.75) is 56.6 Å². The molecule has 0 aromatic rings. The van der Waals surface area contributed by atoms with Crippen molar-refractivity contribution in [3.8, 4) is 0 Å². The van der Waals surface area contributed by atoms with E-state index in [1.807, 2.05) is 6.08 Å². The summed E-state index contributed by atoms with van der Waals surface area (Å²) in [5.74, 6) is -3.43. The third kappa shape index (κ3) is 5.29. The second-order valence-electron chi connectivity index (χ2n) is 11.3. The van der Waals surface area contributed by atoms with Gasteiger partial charge in [0.2, 0.25) is 17.7 Å². The van der Waals surface area contributed by atoms with E-state index in [4.69, 9.17) is 14.2 Å². The number of amides is 3. The summed E-state index contributed by atoms with van der Waals surface area (Å²) >= 11 is 0. The third-order valence-electron chi connectivity index (χ3n) is 8.58. The molecule has 0 aliphatic carbocycles. The van der Waals surface area contributed by atoms with Crippen molar-refractivity contribution in [2.24, 2.45) is 11.8 Å². The van der Waals surface area contributed by atoms with Crippen molar-refractivity contribution < 1.29 is 38.5 Å². The lowest BCUT2D eigenvalue weighted by molar-refractivity contribution is -0.159. The average molecular weight is 561 g/mol. The topological polar surface area (TPSA) is 138 Å². The highest BCUT2D eigenvalue weighted by Gasteiger charge is 2.72. The number of hydrogen-bond donors (Lipinski definition) is 2. The lowest BCUT2D eigenvalue weighted by Gasteiger charge is -2.38. The lowest BCUT2D eigenvalue weighted by Crippen LogP contribution is -2.58. The minimum atomic E-state index is -1.40. The van der Waals surface area contributed by atoms with Crippen LogP contribution in [0.2, 0.25) is 0 Å². The second kappa shape index (κ2) is 12.0. The summed E-state index contributed by atoms with van der Waals surface area (Å²) in [5.41, 5.74) is -1.40. The van der Waals surface area contributed by atoms with Gasteiger partial charge in [0.15, 0.2) is 0 Å². The molecule has 5 aliphatic rings. The van der Waals surface area contributed by atoms with Gasteiger partial charge in [-0.1, -0.05) is 24.3 Å². The lowest BCUT2D eigenvalue weighted by atomic mass is 9.78. The van der Waals surface area contributed by atoms with Crippen molar-refractivity contribution in [1.29, 1.82) is 0 Å². The summed E-state index contributed by atoms with van der Waals surface area (Å²) in [7, 11) is 0. The standard InChI is InChI=1S/C28H40N4O8/c1-18(17-33)32-24-26(36)31(11-10-30-12-14-38-15-13-30)9-5-8-28(24)23(25(32)35)22-20(40-28)6-3-4-7-21(34)29-16-19(2)39-27(22)37/h3,5-6,8,18-20,22-24,33H,4,7,9-17H2,1-2H3,(H,29,34)/b6-3-/t18-,19-,20-,22+,23+,24-,28+/m1/s1. The summed E-state index contributed by atoms with van der Waals surface area (Å²) in [5, 5.41) is 12.8. The van der Waals surface area contributed by atoms with Crippen molar-refractivity contribution in [3.05, 3.63) is 24.3 Å². The molecule has 12 nitrogen and oxygen atoms in total. The highest BCUT2D eigenvalue weighted by Crippen LogP contribution is 2.53. The van der Waals surface area contributed by atoms with Crippen LogP contribution in [0.1, 0.15) is 26.7 Å². The first-order chi connectivity index (χ1) is 19.3. The predicted octanol–water partition coefficient (Wildman–Crippen LogP) is -0.923. The Morgan fingerprint density at radius 3 is 2.65 bits per heavy atom. The molecule has 220 valence electrons. The number of aliphatic hydroxyl groups is 1. The maximum atomic E-state index is 14.2. The Labute approximate surface area is 234 Å². The molecule has 5 aliphatic heterocycles. The van der Waals surface area contributed by atoms with Gasteiger partial charge in [0.05, 0.1) is 44.4 Å². The molecule has 0 unspecified atom stereocenters. The van der Waals surface area contributed by atoms with Crippen LogP contribution in [0.25, 0.3) is 0 Å². The number of cyclic esters (lactones) is 1. The molecule has 1 spiro atoms. The number of likely N-dealkylation sites (tertiary alicyclic amines) is 1. The Morgan fingerprint density at radius 1 is 1.12 bits per heavy atom. The van der Waals surface area contributed by atoms with Gasteiger partial charge in [-0.15, -0.1) is 0 Å². The molecule has 40 heavy (non-hydrogen) atoms. The van der Waals surface area contributed by atoms with Crippen LogP contribution in [0, 0.1) is 11.8 Å². The fraction of sp³-hybridized carbons (Fsp3) is 0.714. The Balaban J connectivity index is 1.49. The first kappa shape index (κ1) is 28.7. The fourth-order valence-corrected chi connectivity index (χ4v) is 6.50. The second-order valence-corrected chi connectivity index (χ2v) is 11.3. The molecule has 0 bridgehead atoms. The molecule has 3 saturated heterocycles. The number of nitrogens with one attached hydrogen (secondary N) is 1. The average Bonchev–Trinajstić information content (AvgIpc) is 3.34. The van der Waals surface area contributed by atoms with Crippen molar-refractivity contribution >= 4 is 23.7 Å². The van der Waals surface area contributed by atoms with E-state index in [9.17, 15) is 24.3 Å². The highest BCUT2D eigenvalue weighted by molar-refractivity contribution is 5.99. The quantitative estimate of drug-likeness (QED) is 0.323. The minimum Gasteiger partial charge on any atom is -0.460 e. The molecule has 12 heteroatoms. The molecule has 2 N–H and O–H groups in total. The van der Waals surface area contributed by atoms with E-state index >= 15 is 0 Å². The zero-order valence-corrected chi connectivity index (χ0v) is 23.2. The molecular formula is C28H40N4O8. The van der Waals surface area contributed by atoms with Gasteiger partial charge in [-0.05, 0) is 20.3 Å². The van der Waals surface area contributed by atoms with E-state index in [2.05, 4.69) is 10.2 Å². The number of aliphatic hydroxyl groups excluding tert-OH is 1. The summed E-state index contributed by atoms with van der Waals surface area (Å²) in [6.45, 7) is 7.54. The number of carbonyl (C=O) groups excluding carboxylic acids is 4. The Kier molecular flexibility index (Phi) is 8.60. The Hall–Kier alpha value is -2.80. The van der Waals surface area contributed by atoms with Gasteiger partial charge in [-0.3, -0.25) is 24.1 Å². The summed E-state index contributed by atoms with van der Waals surface area (Å²) in [6.07, 6.45) is 6.38. The Morgan fingerprint density at radius 2 is 1.90 bits per heavy atom. The number of allylic oxidation sites excluding steroid dienone is 1. The highest BCUT2D eigenvalue weighted by atomic mass is 16.6. The van der Waals surface area contributed by atoms with E-state index in [-0.39, 0.29) is 31.4 Å². The molecule has 0 saturated carbocycles. The molecule has 0 aromatic heterocycles. The van der Waals surface area contributed by atoms with Crippen LogP contribution in [0.15, 0.2) is 24.3 Å². The van der Waals surface area contributed by atoms with E-state index in [0.717, 1.165) is 13.1 Å². The normalized spacial score (nSPS) is 36.9. The van der Waals surface area contributed by atoms with Crippen LogP contribution in [-0.2, 0) is 33.4 Å². The van der Waals surface area contributed by atoms with Crippen molar-refractivity contribution in [3.63, 3.8) is 0 Å². The molecule has 3 amide bonds. The predicted molar refractivity (Wildman–Crippen MR) is 142 cm³/mol. The molecule has 7 atom stereocenters. The van der Waals surface area contributed by atoms with E-state index < -0.39 is 53.6 Å². The zero-order valence-electron chi connectivity index (χ0n) is 23.2. The number of rotatable bonds is 5. The molecule has 0 aromatic carbocycles. The number of nitrogens with zero attached hydrogens (tertiary/aromatic N) is 3. The number of morpholine rings is 1. The minimum absolute atomic E-state index is 0.147. The van der Waals surface area contributed by atoms with Gasteiger partial charge in [-0.25, -0.2) is 0 Å². The van der Waals surface area contributed by atoms with Crippen LogP contribution in [0.5, 0.6) is 0 Å². The van der Waals surface area contributed by atoms with Crippen LogP contribution in [-0.4, -0.2) is 132 Å². The summed E-state index contributed by atoms with van der Waals surface area (Å²) in [6, 6.07) is -1.70.